The predicted molar refractivity (Wildman–Crippen MR) is 103 cm³/mol. The number of nitrogens with one attached hydrogen (secondary N) is 1. The number of rotatable bonds is 10. The van der Waals surface area contributed by atoms with Gasteiger partial charge in [0.05, 0.1) is 38.0 Å². The minimum absolute atomic E-state index is 0.0459. The summed E-state index contributed by atoms with van der Waals surface area (Å²) in [7, 11) is 1.62. The van der Waals surface area contributed by atoms with Crippen molar-refractivity contribution in [1.82, 2.24) is 4.98 Å². The van der Waals surface area contributed by atoms with Crippen LogP contribution in [-0.4, -0.2) is 43.4 Å². The molecule has 0 saturated heterocycles. The van der Waals surface area contributed by atoms with Crippen molar-refractivity contribution >= 4 is 16.6 Å². The second-order valence-corrected chi connectivity index (χ2v) is 6.04. The summed E-state index contributed by atoms with van der Waals surface area (Å²) in [4.78, 5) is 14.3. The Bertz CT molecular complexity index is 892. The van der Waals surface area contributed by atoms with E-state index in [0.29, 0.717) is 31.9 Å². The average Bonchev–Trinajstić information content (AvgIpc) is 3.11. The van der Waals surface area contributed by atoms with Gasteiger partial charge in [0.2, 0.25) is 0 Å². The molecule has 3 aromatic rings. The quantitative estimate of drug-likeness (QED) is 0.332. The highest BCUT2D eigenvalue weighted by atomic mass is 16.6. The van der Waals surface area contributed by atoms with E-state index >= 15 is 0 Å². The number of fused-ring (bicyclic) bond motifs is 1. The molecule has 2 aromatic carbocycles. The van der Waals surface area contributed by atoms with Crippen LogP contribution >= 0.6 is 0 Å². The molecule has 0 amide bonds. The summed E-state index contributed by atoms with van der Waals surface area (Å²) in [6.07, 6.45) is 0. The number of H-pyrrole nitrogens is 1. The van der Waals surface area contributed by atoms with E-state index in [2.05, 4.69) is 4.98 Å². The van der Waals surface area contributed by atoms with Crippen LogP contribution in [0.3, 0.4) is 0 Å². The van der Waals surface area contributed by atoms with E-state index in [0.717, 1.165) is 22.2 Å². The summed E-state index contributed by atoms with van der Waals surface area (Å²) in [5.74, 6) is 0. The van der Waals surface area contributed by atoms with Gasteiger partial charge in [0.15, 0.2) is 0 Å². The van der Waals surface area contributed by atoms with Gasteiger partial charge < -0.3 is 19.2 Å². The maximum absolute atomic E-state index is 11.5. The third-order valence-corrected chi connectivity index (χ3v) is 4.12. The number of hydrogen-bond donors (Lipinski definition) is 1. The van der Waals surface area contributed by atoms with E-state index in [1.807, 2.05) is 42.5 Å². The molecule has 0 spiro atoms. The van der Waals surface area contributed by atoms with Gasteiger partial charge in [-0.15, -0.1) is 0 Å². The molecule has 0 saturated carbocycles. The normalized spacial score (nSPS) is 11.1. The lowest BCUT2D eigenvalue weighted by atomic mass is 10.1. The number of aromatic amines is 1. The van der Waals surface area contributed by atoms with Crippen LogP contribution in [0.4, 0.5) is 5.69 Å². The summed E-state index contributed by atoms with van der Waals surface area (Å²) >= 11 is 0. The molecule has 0 fully saturated rings. The first-order valence-electron chi connectivity index (χ1n) is 8.69. The second kappa shape index (κ2) is 9.27. The Morgan fingerprint density at radius 2 is 1.74 bits per heavy atom. The summed E-state index contributed by atoms with van der Waals surface area (Å²) in [5.41, 5.74) is 3.15. The first kappa shape index (κ1) is 19.0. The van der Waals surface area contributed by atoms with Crippen molar-refractivity contribution < 1.29 is 19.1 Å². The van der Waals surface area contributed by atoms with E-state index in [-0.39, 0.29) is 17.2 Å². The Morgan fingerprint density at radius 3 is 2.48 bits per heavy atom. The van der Waals surface area contributed by atoms with Gasteiger partial charge in [0, 0.05) is 24.3 Å². The highest BCUT2D eigenvalue weighted by Gasteiger charge is 2.17. The third-order valence-electron chi connectivity index (χ3n) is 4.12. The Morgan fingerprint density at radius 1 is 1.00 bits per heavy atom. The van der Waals surface area contributed by atoms with Crippen molar-refractivity contribution in [2.45, 2.75) is 6.61 Å². The minimum Gasteiger partial charge on any atom is -0.382 e. The second-order valence-electron chi connectivity index (χ2n) is 6.04. The van der Waals surface area contributed by atoms with E-state index in [1.54, 1.807) is 13.2 Å². The standard InChI is InChI=1S/C20H22N2O5/c1-25-7-8-26-9-10-27-14-15-11-17-13-18(16-5-3-2-4-6-16)21-20(17)19(12-15)22(23)24/h2-6,11-13,21H,7-10,14H2,1H3. The third kappa shape index (κ3) is 4.91. The molecule has 0 radical (unpaired) electrons. The van der Waals surface area contributed by atoms with Crippen molar-refractivity contribution in [3.8, 4) is 11.3 Å². The highest BCUT2D eigenvalue weighted by Crippen LogP contribution is 2.31. The maximum atomic E-state index is 11.5. The monoisotopic (exact) mass is 370 g/mol. The van der Waals surface area contributed by atoms with Crippen LogP contribution in [0.15, 0.2) is 48.5 Å². The molecule has 0 bridgehead atoms. The topological polar surface area (TPSA) is 86.6 Å². The summed E-state index contributed by atoms with van der Waals surface area (Å²) < 4.78 is 15.8. The fourth-order valence-electron chi connectivity index (χ4n) is 2.84. The zero-order valence-corrected chi connectivity index (χ0v) is 15.1. The largest absolute Gasteiger partial charge is 0.382 e. The molecule has 0 atom stereocenters. The Hall–Kier alpha value is -2.74. The fraction of sp³-hybridized carbons (Fsp3) is 0.300. The molecule has 0 unspecified atom stereocenters. The minimum atomic E-state index is -0.370. The summed E-state index contributed by atoms with van der Waals surface area (Å²) in [5, 5.41) is 12.3. The molecular weight excluding hydrogens is 348 g/mol. The molecule has 0 aliphatic carbocycles. The van der Waals surface area contributed by atoms with Crippen LogP contribution in [0.5, 0.6) is 0 Å². The number of nitro groups is 1. The zero-order valence-electron chi connectivity index (χ0n) is 15.1. The van der Waals surface area contributed by atoms with Gasteiger partial charge in [-0.2, -0.15) is 0 Å². The molecular formula is C20H22N2O5. The van der Waals surface area contributed by atoms with E-state index < -0.39 is 0 Å². The lowest BCUT2D eigenvalue weighted by Gasteiger charge is -2.06. The summed E-state index contributed by atoms with van der Waals surface area (Å²) in [6, 6.07) is 15.1. The van der Waals surface area contributed by atoms with Crippen LogP contribution in [0, 0.1) is 10.1 Å². The lowest BCUT2D eigenvalue weighted by molar-refractivity contribution is -0.383. The molecule has 1 aromatic heterocycles. The van der Waals surface area contributed by atoms with Crippen molar-refractivity contribution in [3.63, 3.8) is 0 Å². The van der Waals surface area contributed by atoms with Crippen molar-refractivity contribution in [2.75, 3.05) is 33.5 Å². The first-order valence-corrected chi connectivity index (χ1v) is 8.69. The summed E-state index contributed by atoms with van der Waals surface area (Å²) in [6.45, 7) is 2.22. The number of benzene rings is 2. The van der Waals surface area contributed by atoms with Gasteiger partial charge in [-0.05, 0) is 23.3 Å². The van der Waals surface area contributed by atoms with E-state index in [1.165, 1.54) is 0 Å². The predicted octanol–water partition coefficient (Wildman–Crippen LogP) is 3.92. The number of aromatic nitrogens is 1. The molecule has 1 N–H and O–H groups in total. The molecule has 0 aliphatic heterocycles. The number of ether oxygens (including phenoxy) is 3. The van der Waals surface area contributed by atoms with Crippen LogP contribution in [0.2, 0.25) is 0 Å². The van der Waals surface area contributed by atoms with Crippen LogP contribution in [-0.2, 0) is 20.8 Å². The Kier molecular flexibility index (Phi) is 6.54. The van der Waals surface area contributed by atoms with Gasteiger partial charge in [-0.25, -0.2) is 0 Å². The smallest absolute Gasteiger partial charge is 0.293 e. The molecule has 3 rings (SSSR count). The van der Waals surface area contributed by atoms with Gasteiger partial charge >= 0.3 is 0 Å². The SMILES string of the molecule is COCCOCCOCc1cc([N+](=O)[O-])c2[nH]c(-c3ccccc3)cc2c1. The lowest BCUT2D eigenvalue weighted by Crippen LogP contribution is -2.08. The van der Waals surface area contributed by atoms with Gasteiger partial charge in [0.25, 0.3) is 5.69 Å². The number of methoxy groups -OCH3 is 1. The zero-order chi connectivity index (χ0) is 19.1. The van der Waals surface area contributed by atoms with Gasteiger partial charge in [-0.3, -0.25) is 10.1 Å². The number of hydrogen-bond acceptors (Lipinski definition) is 5. The molecule has 27 heavy (non-hydrogen) atoms. The van der Waals surface area contributed by atoms with Crippen molar-refractivity contribution in [1.29, 1.82) is 0 Å². The molecule has 7 heteroatoms. The van der Waals surface area contributed by atoms with E-state index in [4.69, 9.17) is 14.2 Å². The maximum Gasteiger partial charge on any atom is 0.293 e. The number of nitrogens with zero attached hydrogens (tertiary/aromatic N) is 1. The van der Waals surface area contributed by atoms with Crippen LogP contribution < -0.4 is 0 Å². The van der Waals surface area contributed by atoms with Crippen LogP contribution in [0.1, 0.15) is 5.56 Å². The molecule has 1 heterocycles. The Labute approximate surface area is 157 Å². The average molecular weight is 370 g/mol. The molecule has 142 valence electrons. The Balaban J connectivity index is 1.74. The van der Waals surface area contributed by atoms with Gasteiger partial charge in [0.1, 0.15) is 5.52 Å². The fourth-order valence-corrected chi connectivity index (χ4v) is 2.84. The first-order chi connectivity index (χ1) is 13.2. The van der Waals surface area contributed by atoms with Crippen LogP contribution in [0.25, 0.3) is 22.2 Å². The molecule has 0 aliphatic rings. The van der Waals surface area contributed by atoms with Crippen molar-refractivity contribution in [2.24, 2.45) is 0 Å². The van der Waals surface area contributed by atoms with Gasteiger partial charge in [-0.1, -0.05) is 30.3 Å². The highest BCUT2D eigenvalue weighted by molar-refractivity contribution is 5.92. The molecule has 7 nitrogen and oxygen atoms in total. The van der Waals surface area contributed by atoms with Crippen molar-refractivity contribution in [3.05, 3.63) is 64.2 Å². The number of non-ortho nitro benzene ring substituents is 1. The number of nitro benzene ring substituents is 1. The van der Waals surface area contributed by atoms with E-state index in [9.17, 15) is 10.1 Å².